The molecule has 24 heavy (non-hydrogen) atoms. The van der Waals surface area contributed by atoms with Crippen LogP contribution in [0.2, 0.25) is 0 Å². The quantitative estimate of drug-likeness (QED) is 0.844. The van der Waals surface area contributed by atoms with E-state index in [2.05, 4.69) is 4.98 Å². The fourth-order valence-electron chi connectivity index (χ4n) is 2.83. The third-order valence-electron chi connectivity index (χ3n) is 4.02. The predicted octanol–water partition coefficient (Wildman–Crippen LogP) is 3.43. The van der Waals surface area contributed by atoms with Crippen LogP contribution in [-0.4, -0.2) is 41.6 Å². The smallest absolute Gasteiger partial charge is 0.272 e. The van der Waals surface area contributed by atoms with Crippen LogP contribution in [0.3, 0.4) is 0 Å². The van der Waals surface area contributed by atoms with E-state index < -0.39 is 0 Å². The molecular weight excluding hydrogens is 304 g/mol. The van der Waals surface area contributed by atoms with Crippen LogP contribution in [0.5, 0.6) is 11.5 Å². The molecule has 1 aromatic carbocycles. The van der Waals surface area contributed by atoms with E-state index in [-0.39, 0.29) is 12.0 Å². The molecule has 5 heteroatoms. The summed E-state index contributed by atoms with van der Waals surface area (Å²) in [6.45, 7) is 6.01. The molecule has 0 spiro atoms. The summed E-state index contributed by atoms with van der Waals surface area (Å²) in [5, 5.41) is 0. The minimum Gasteiger partial charge on any atom is -0.456 e. The highest BCUT2D eigenvalue weighted by molar-refractivity contribution is 5.92. The van der Waals surface area contributed by atoms with Crippen LogP contribution in [0.25, 0.3) is 0 Å². The molecule has 0 unspecified atom stereocenters. The number of aromatic nitrogens is 1. The first-order valence-corrected chi connectivity index (χ1v) is 8.27. The molecule has 3 rings (SSSR count). The van der Waals surface area contributed by atoms with Gasteiger partial charge in [0.05, 0.1) is 12.3 Å². The normalized spacial score (nSPS) is 17.1. The molecule has 0 N–H and O–H groups in total. The van der Waals surface area contributed by atoms with Crippen LogP contribution in [0.4, 0.5) is 0 Å². The first kappa shape index (κ1) is 16.5. The summed E-state index contributed by atoms with van der Waals surface area (Å²) in [6, 6.07) is 11.3. The van der Waals surface area contributed by atoms with Gasteiger partial charge in [0.1, 0.15) is 17.2 Å². The number of carbonyl (C=O) groups is 1. The van der Waals surface area contributed by atoms with Crippen LogP contribution >= 0.6 is 0 Å². The molecule has 1 aliphatic heterocycles. The Kier molecular flexibility index (Phi) is 5.11. The number of ether oxygens (including phenoxy) is 2. The summed E-state index contributed by atoms with van der Waals surface area (Å²) in [5.41, 5.74) is 1.56. The van der Waals surface area contributed by atoms with Gasteiger partial charge in [-0.05, 0) is 50.1 Å². The van der Waals surface area contributed by atoms with E-state index in [1.54, 1.807) is 23.2 Å². The van der Waals surface area contributed by atoms with Gasteiger partial charge in [0.2, 0.25) is 0 Å². The van der Waals surface area contributed by atoms with Gasteiger partial charge in [-0.2, -0.15) is 0 Å². The molecule has 1 atom stereocenters. The second kappa shape index (κ2) is 7.45. The van der Waals surface area contributed by atoms with E-state index in [9.17, 15) is 4.79 Å². The number of rotatable bonds is 5. The Morgan fingerprint density at radius 3 is 2.88 bits per heavy atom. The van der Waals surface area contributed by atoms with Gasteiger partial charge in [0.15, 0.2) is 0 Å². The van der Waals surface area contributed by atoms with Crippen molar-refractivity contribution in [2.45, 2.75) is 26.4 Å². The highest BCUT2D eigenvalue weighted by Gasteiger charge is 2.27. The summed E-state index contributed by atoms with van der Waals surface area (Å²) in [4.78, 5) is 18.5. The van der Waals surface area contributed by atoms with E-state index in [0.717, 1.165) is 17.7 Å². The van der Waals surface area contributed by atoms with Gasteiger partial charge in [-0.25, -0.2) is 4.98 Å². The van der Waals surface area contributed by atoms with E-state index in [1.165, 1.54) is 0 Å². The van der Waals surface area contributed by atoms with E-state index >= 15 is 0 Å². The van der Waals surface area contributed by atoms with Crippen molar-refractivity contribution >= 4 is 5.91 Å². The van der Waals surface area contributed by atoms with E-state index in [0.29, 0.717) is 31.1 Å². The van der Waals surface area contributed by atoms with Crippen molar-refractivity contribution in [2.75, 3.05) is 19.7 Å². The SMILES string of the molecule is CCO[C@H]1CCN(C(=O)c2ccc(Oc3cccc(C)c3)cn2)C1. The third kappa shape index (κ3) is 3.92. The Balaban J connectivity index is 1.63. The standard InChI is InChI=1S/C19H22N2O3/c1-3-23-17-9-10-21(13-17)19(22)18-8-7-16(12-20-18)24-15-6-4-5-14(2)11-15/h4-8,11-12,17H,3,9-10,13H2,1-2H3/t17-/m0/s1. The Morgan fingerprint density at radius 2 is 2.17 bits per heavy atom. The maximum absolute atomic E-state index is 12.5. The number of hydrogen-bond acceptors (Lipinski definition) is 4. The Morgan fingerprint density at radius 1 is 1.29 bits per heavy atom. The lowest BCUT2D eigenvalue weighted by molar-refractivity contribution is 0.0595. The summed E-state index contributed by atoms with van der Waals surface area (Å²) in [6.07, 6.45) is 2.61. The highest BCUT2D eigenvalue weighted by atomic mass is 16.5. The molecule has 0 radical (unpaired) electrons. The topological polar surface area (TPSA) is 51.7 Å². The molecule has 1 fully saturated rings. The number of benzene rings is 1. The monoisotopic (exact) mass is 326 g/mol. The molecule has 1 saturated heterocycles. The van der Waals surface area contributed by atoms with Gasteiger partial charge < -0.3 is 14.4 Å². The Bertz CT molecular complexity index is 700. The first-order chi connectivity index (χ1) is 11.7. The maximum atomic E-state index is 12.5. The van der Waals surface area contributed by atoms with Crippen molar-refractivity contribution in [3.8, 4) is 11.5 Å². The lowest BCUT2D eigenvalue weighted by atomic mass is 10.2. The second-order valence-corrected chi connectivity index (χ2v) is 5.91. The number of likely N-dealkylation sites (tertiary alicyclic amines) is 1. The molecule has 5 nitrogen and oxygen atoms in total. The summed E-state index contributed by atoms with van der Waals surface area (Å²) < 4.78 is 11.3. The second-order valence-electron chi connectivity index (χ2n) is 5.91. The number of pyridine rings is 1. The van der Waals surface area contributed by atoms with Gasteiger partial charge in [0, 0.05) is 19.7 Å². The van der Waals surface area contributed by atoms with Gasteiger partial charge >= 0.3 is 0 Å². The zero-order valence-electron chi connectivity index (χ0n) is 14.1. The number of carbonyl (C=O) groups excluding carboxylic acids is 1. The van der Waals surface area contributed by atoms with Crippen LogP contribution in [-0.2, 0) is 4.74 Å². The Labute approximate surface area is 142 Å². The summed E-state index contributed by atoms with van der Waals surface area (Å²) in [5.74, 6) is 1.32. The average molecular weight is 326 g/mol. The minimum atomic E-state index is -0.0562. The predicted molar refractivity (Wildman–Crippen MR) is 91.4 cm³/mol. The lowest BCUT2D eigenvalue weighted by Gasteiger charge is -2.16. The van der Waals surface area contributed by atoms with Crippen LogP contribution in [0.1, 0.15) is 29.4 Å². The fraction of sp³-hybridized carbons (Fsp3) is 0.368. The molecule has 1 aliphatic rings. The number of nitrogens with zero attached hydrogens (tertiary/aromatic N) is 2. The zero-order chi connectivity index (χ0) is 16.9. The van der Waals surface area contributed by atoms with E-state index in [1.807, 2.05) is 38.1 Å². The highest BCUT2D eigenvalue weighted by Crippen LogP contribution is 2.22. The van der Waals surface area contributed by atoms with Crippen LogP contribution < -0.4 is 4.74 Å². The number of aryl methyl sites for hydroxylation is 1. The largest absolute Gasteiger partial charge is 0.456 e. The molecule has 0 aliphatic carbocycles. The number of hydrogen-bond donors (Lipinski definition) is 0. The zero-order valence-corrected chi connectivity index (χ0v) is 14.1. The van der Waals surface area contributed by atoms with Crippen molar-refractivity contribution in [1.82, 2.24) is 9.88 Å². The maximum Gasteiger partial charge on any atom is 0.272 e. The molecule has 2 aromatic rings. The first-order valence-electron chi connectivity index (χ1n) is 8.27. The molecule has 0 saturated carbocycles. The minimum absolute atomic E-state index is 0.0562. The lowest BCUT2D eigenvalue weighted by Crippen LogP contribution is -2.30. The third-order valence-corrected chi connectivity index (χ3v) is 4.02. The van der Waals surface area contributed by atoms with Crippen molar-refractivity contribution < 1.29 is 14.3 Å². The Hall–Kier alpha value is -2.40. The van der Waals surface area contributed by atoms with Crippen molar-refractivity contribution in [2.24, 2.45) is 0 Å². The van der Waals surface area contributed by atoms with Gasteiger partial charge in [-0.1, -0.05) is 12.1 Å². The van der Waals surface area contributed by atoms with E-state index in [4.69, 9.17) is 9.47 Å². The molecule has 1 amide bonds. The van der Waals surface area contributed by atoms with Crippen LogP contribution in [0, 0.1) is 6.92 Å². The average Bonchev–Trinajstić information content (AvgIpc) is 3.04. The van der Waals surface area contributed by atoms with Gasteiger partial charge in [0.25, 0.3) is 5.91 Å². The summed E-state index contributed by atoms with van der Waals surface area (Å²) in [7, 11) is 0. The van der Waals surface area contributed by atoms with Crippen molar-refractivity contribution in [1.29, 1.82) is 0 Å². The van der Waals surface area contributed by atoms with Crippen molar-refractivity contribution in [3.05, 3.63) is 53.9 Å². The van der Waals surface area contributed by atoms with Crippen molar-refractivity contribution in [3.63, 3.8) is 0 Å². The fourth-order valence-corrected chi connectivity index (χ4v) is 2.83. The van der Waals surface area contributed by atoms with Crippen LogP contribution in [0.15, 0.2) is 42.6 Å². The molecular formula is C19H22N2O3. The van der Waals surface area contributed by atoms with Gasteiger partial charge in [-0.3, -0.25) is 4.79 Å². The summed E-state index contributed by atoms with van der Waals surface area (Å²) >= 11 is 0. The van der Waals surface area contributed by atoms with Gasteiger partial charge in [-0.15, -0.1) is 0 Å². The number of amides is 1. The molecule has 1 aromatic heterocycles. The molecule has 126 valence electrons. The molecule has 0 bridgehead atoms. The molecule has 2 heterocycles.